The van der Waals surface area contributed by atoms with Crippen LogP contribution in [0.2, 0.25) is 0 Å². The smallest absolute Gasteiger partial charge is 0.387 e. The number of rotatable bonds is 8. The second kappa shape index (κ2) is 9.94. The largest absolute Gasteiger partial charge is 0.437 e. The summed E-state index contributed by atoms with van der Waals surface area (Å²) in [5.74, 6) is -0.407. The van der Waals surface area contributed by atoms with E-state index in [0.29, 0.717) is 6.54 Å². The van der Waals surface area contributed by atoms with E-state index in [4.69, 9.17) is 9.52 Å². The van der Waals surface area contributed by atoms with Crippen LogP contribution in [0.4, 0.5) is 0 Å². The molecule has 9 heteroatoms. The summed E-state index contributed by atoms with van der Waals surface area (Å²) >= 11 is 1.44. The van der Waals surface area contributed by atoms with Gasteiger partial charge in [0.05, 0.1) is 22.8 Å². The number of para-hydroxylation sites is 1. The molecule has 0 aliphatic rings. The lowest BCUT2D eigenvalue weighted by Crippen LogP contribution is -2.28. The Kier molecular flexibility index (Phi) is 6.40. The Balaban J connectivity index is 1.32. The molecule has 0 atom stereocenters. The molecule has 0 radical (unpaired) electrons. The highest BCUT2D eigenvalue weighted by Crippen LogP contribution is 2.25. The number of aryl methyl sites for hydroxylation is 1. The maximum absolute atomic E-state index is 12.9. The van der Waals surface area contributed by atoms with Crippen molar-refractivity contribution in [2.24, 2.45) is 0 Å². The zero-order valence-electron chi connectivity index (χ0n) is 19.1. The van der Waals surface area contributed by atoms with Crippen molar-refractivity contribution in [2.75, 3.05) is 7.05 Å². The quantitative estimate of drug-likeness (QED) is 0.324. The Bertz CT molecular complexity index is 1470. The molecular formula is C26H23N5O3S. The molecule has 8 nitrogen and oxygen atoms in total. The van der Waals surface area contributed by atoms with Crippen molar-refractivity contribution in [3.8, 4) is 27.7 Å². The van der Waals surface area contributed by atoms with Gasteiger partial charge >= 0.3 is 5.76 Å². The Morgan fingerprint density at radius 2 is 1.74 bits per heavy atom. The second-order valence-corrected chi connectivity index (χ2v) is 8.97. The van der Waals surface area contributed by atoms with Crippen LogP contribution in [0.15, 0.2) is 93.6 Å². The molecule has 0 saturated heterocycles. The van der Waals surface area contributed by atoms with Gasteiger partial charge in [-0.3, -0.25) is 4.79 Å². The van der Waals surface area contributed by atoms with Crippen molar-refractivity contribution in [3.05, 3.63) is 100 Å². The summed E-state index contributed by atoms with van der Waals surface area (Å²) in [5, 5.41) is 10.9. The van der Waals surface area contributed by atoms with Gasteiger partial charge in [-0.2, -0.15) is 9.78 Å². The van der Waals surface area contributed by atoms with Crippen LogP contribution >= 0.6 is 11.3 Å². The molecule has 0 spiro atoms. The number of hydrogen-bond acceptors (Lipinski definition) is 6. The van der Waals surface area contributed by atoms with Crippen LogP contribution < -0.4 is 5.76 Å². The van der Waals surface area contributed by atoms with Gasteiger partial charge in [0.25, 0.3) is 5.89 Å². The molecule has 2 aromatic carbocycles. The molecule has 5 rings (SSSR count). The van der Waals surface area contributed by atoms with E-state index in [1.807, 2.05) is 89.1 Å². The standard InChI is InChI=1S/C26H23N5O3S/c1-29(23(32)14-15-30-26(33)34-25(28-30)22-13-8-16-35-22)17-20-18-31(21-11-6-3-7-12-21)27-24(20)19-9-4-2-5-10-19/h2-13,16,18H,14-15,17H2,1H3. The number of carbonyl (C=O) groups is 1. The SMILES string of the molecule is CN(Cc1cn(-c2ccccc2)nc1-c1ccccc1)C(=O)CCn1nc(-c2cccs2)oc1=O. The van der Waals surface area contributed by atoms with Crippen LogP contribution in [0.25, 0.3) is 27.7 Å². The second-order valence-electron chi connectivity index (χ2n) is 8.02. The van der Waals surface area contributed by atoms with E-state index in [9.17, 15) is 9.59 Å². The highest BCUT2D eigenvalue weighted by Gasteiger charge is 2.18. The van der Waals surface area contributed by atoms with Crippen LogP contribution in [0.5, 0.6) is 0 Å². The maximum Gasteiger partial charge on any atom is 0.437 e. The van der Waals surface area contributed by atoms with Gasteiger partial charge in [0.2, 0.25) is 5.91 Å². The molecule has 3 heterocycles. The summed E-state index contributed by atoms with van der Waals surface area (Å²) in [4.78, 5) is 27.5. The maximum atomic E-state index is 12.9. The lowest BCUT2D eigenvalue weighted by atomic mass is 10.1. The van der Waals surface area contributed by atoms with Gasteiger partial charge in [-0.1, -0.05) is 54.6 Å². The van der Waals surface area contributed by atoms with E-state index in [1.165, 1.54) is 16.0 Å². The Labute approximate surface area is 205 Å². The van der Waals surface area contributed by atoms with E-state index in [0.717, 1.165) is 27.4 Å². The molecule has 0 bridgehead atoms. The van der Waals surface area contributed by atoms with E-state index in [-0.39, 0.29) is 24.8 Å². The van der Waals surface area contributed by atoms with Crippen LogP contribution in [0.1, 0.15) is 12.0 Å². The first-order valence-corrected chi connectivity index (χ1v) is 12.0. The molecule has 5 aromatic rings. The predicted octanol–water partition coefficient (Wildman–Crippen LogP) is 4.47. The number of benzene rings is 2. The highest BCUT2D eigenvalue weighted by atomic mass is 32.1. The fourth-order valence-electron chi connectivity index (χ4n) is 3.76. The lowest BCUT2D eigenvalue weighted by molar-refractivity contribution is -0.130. The first-order chi connectivity index (χ1) is 17.1. The van der Waals surface area contributed by atoms with Crippen molar-refractivity contribution < 1.29 is 9.21 Å². The number of nitrogens with zero attached hydrogens (tertiary/aromatic N) is 5. The third-order valence-corrected chi connectivity index (χ3v) is 6.42. The molecule has 3 aromatic heterocycles. The fourth-order valence-corrected chi connectivity index (χ4v) is 4.41. The summed E-state index contributed by atoms with van der Waals surface area (Å²) < 4.78 is 8.26. The summed E-state index contributed by atoms with van der Waals surface area (Å²) in [6.45, 7) is 0.524. The number of aromatic nitrogens is 4. The summed E-state index contributed by atoms with van der Waals surface area (Å²) in [5.41, 5.74) is 3.67. The minimum Gasteiger partial charge on any atom is -0.387 e. The van der Waals surface area contributed by atoms with E-state index in [2.05, 4.69) is 5.10 Å². The van der Waals surface area contributed by atoms with Crippen LogP contribution in [-0.2, 0) is 17.9 Å². The fraction of sp³-hybridized carbons (Fsp3) is 0.154. The van der Waals surface area contributed by atoms with Gasteiger partial charge in [0, 0.05) is 37.3 Å². The molecule has 176 valence electrons. The molecule has 0 N–H and O–H groups in total. The predicted molar refractivity (Wildman–Crippen MR) is 134 cm³/mol. The van der Waals surface area contributed by atoms with E-state index < -0.39 is 5.76 Å². The van der Waals surface area contributed by atoms with Gasteiger partial charge in [-0.15, -0.1) is 16.4 Å². The van der Waals surface area contributed by atoms with Gasteiger partial charge in [0.1, 0.15) is 0 Å². The van der Waals surface area contributed by atoms with Gasteiger partial charge < -0.3 is 9.32 Å². The third-order valence-electron chi connectivity index (χ3n) is 5.57. The Morgan fingerprint density at radius 3 is 2.46 bits per heavy atom. The summed E-state index contributed by atoms with van der Waals surface area (Å²) in [7, 11) is 1.75. The van der Waals surface area contributed by atoms with E-state index in [1.54, 1.807) is 11.9 Å². The van der Waals surface area contributed by atoms with Crippen molar-refractivity contribution in [1.29, 1.82) is 0 Å². The van der Waals surface area contributed by atoms with Crippen LogP contribution in [0, 0.1) is 0 Å². The number of hydrogen-bond donors (Lipinski definition) is 0. The zero-order valence-corrected chi connectivity index (χ0v) is 19.9. The molecule has 35 heavy (non-hydrogen) atoms. The van der Waals surface area contributed by atoms with Crippen LogP contribution in [0.3, 0.4) is 0 Å². The minimum atomic E-state index is -0.570. The minimum absolute atomic E-state index is 0.107. The number of amides is 1. The third kappa shape index (κ3) is 4.99. The average Bonchev–Trinajstić information content (AvgIpc) is 3.64. The first-order valence-electron chi connectivity index (χ1n) is 11.1. The van der Waals surface area contributed by atoms with Crippen molar-refractivity contribution in [3.63, 3.8) is 0 Å². The van der Waals surface area contributed by atoms with Crippen molar-refractivity contribution in [2.45, 2.75) is 19.5 Å². The van der Waals surface area contributed by atoms with Gasteiger partial charge in [-0.05, 0) is 23.6 Å². The monoisotopic (exact) mass is 485 g/mol. The molecule has 0 unspecified atom stereocenters. The molecular weight excluding hydrogens is 462 g/mol. The molecule has 0 aliphatic heterocycles. The van der Waals surface area contributed by atoms with Gasteiger partial charge in [0.15, 0.2) is 0 Å². The van der Waals surface area contributed by atoms with E-state index >= 15 is 0 Å². The first kappa shape index (κ1) is 22.5. The zero-order chi connectivity index (χ0) is 24.2. The van der Waals surface area contributed by atoms with Gasteiger partial charge in [-0.25, -0.2) is 9.48 Å². The Morgan fingerprint density at radius 1 is 1.00 bits per heavy atom. The average molecular weight is 486 g/mol. The summed E-state index contributed by atoms with van der Waals surface area (Å²) in [6, 6.07) is 23.5. The highest BCUT2D eigenvalue weighted by molar-refractivity contribution is 7.13. The molecule has 0 saturated carbocycles. The molecule has 0 fully saturated rings. The molecule has 1 amide bonds. The number of carbonyl (C=O) groups excluding carboxylic acids is 1. The Hall–Kier alpha value is -4.24. The van der Waals surface area contributed by atoms with Crippen molar-refractivity contribution in [1.82, 2.24) is 24.5 Å². The topological polar surface area (TPSA) is 86.2 Å². The van der Waals surface area contributed by atoms with Crippen LogP contribution in [-0.4, -0.2) is 37.4 Å². The van der Waals surface area contributed by atoms with Crippen molar-refractivity contribution >= 4 is 17.2 Å². The lowest BCUT2D eigenvalue weighted by Gasteiger charge is -2.17. The number of thiophene rings is 1. The summed E-state index contributed by atoms with van der Waals surface area (Å²) in [6.07, 6.45) is 2.08. The molecule has 0 aliphatic carbocycles. The normalized spacial score (nSPS) is 11.0.